The van der Waals surface area contributed by atoms with Crippen LogP contribution in [0.15, 0.2) is 36.8 Å². The lowest BCUT2D eigenvalue weighted by atomic mass is 9.99. The second-order valence-corrected chi connectivity index (χ2v) is 7.76. The topological polar surface area (TPSA) is 88.0 Å². The Balaban J connectivity index is 1.46. The monoisotopic (exact) mass is 401 g/mol. The molecule has 5 heterocycles. The molecule has 3 aromatic rings. The third kappa shape index (κ3) is 3.28. The van der Waals surface area contributed by atoms with Crippen molar-refractivity contribution in [2.75, 3.05) is 22.9 Å². The molecule has 30 heavy (non-hydrogen) atoms. The highest BCUT2D eigenvalue weighted by atomic mass is 16.2. The van der Waals surface area contributed by atoms with Gasteiger partial charge in [0.1, 0.15) is 5.82 Å². The summed E-state index contributed by atoms with van der Waals surface area (Å²) in [5, 5.41) is 0. The number of hydrogen-bond acceptors (Lipinski definition) is 7. The molecule has 0 radical (unpaired) electrons. The van der Waals surface area contributed by atoms with Crippen LogP contribution in [0.25, 0.3) is 11.6 Å². The van der Waals surface area contributed by atoms with E-state index in [1.807, 2.05) is 30.2 Å². The molecule has 0 saturated carbocycles. The average Bonchev–Trinajstić information content (AvgIpc) is 3.20. The smallest absolute Gasteiger partial charge is 0.227 e. The molecule has 2 aliphatic heterocycles. The number of aryl methyl sites for hydroxylation is 1. The number of carbonyl (C=O) groups is 1. The number of aromatic nitrogens is 5. The van der Waals surface area contributed by atoms with Gasteiger partial charge in [-0.15, -0.1) is 0 Å². The van der Waals surface area contributed by atoms with Gasteiger partial charge in [-0.2, -0.15) is 0 Å². The summed E-state index contributed by atoms with van der Waals surface area (Å²) < 4.78 is 0. The maximum atomic E-state index is 12.2. The summed E-state index contributed by atoms with van der Waals surface area (Å²) in [5.74, 6) is 2.17. The first kappa shape index (κ1) is 18.6. The van der Waals surface area contributed by atoms with E-state index in [-0.39, 0.29) is 11.9 Å². The van der Waals surface area contributed by atoms with Crippen molar-refractivity contribution in [1.82, 2.24) is 24.9 Å². The van der Waals surface area contributed by atoms with Crippen LogP contribution in [-0.4, -0.2) is 43.9 Å². The number of rotatable bonds is 3. The largest absolute Gasteiger partial charge is 0.349 e. The van der Waals surface area contributed by atoms with Gasteiger partial charge < -0.3 is 9.80 Å². The van der Waals surface area contributed by atoms with Gasteiger partial charge in [0.05, 0.1) is 11.7 Å². The molecule has 1 unspecified atom stereocenters. The summed E-state index contributed by atoms with van der Waals surface area (Å²) in [4.78, 5) is 38.9. The van der Waals surface area contributed by atoms with Gasteiger partial charge >= 0.3 is 0 Å². The van der Waals surface area contributed by atoms with Crippen molar-refractivity contribution in [3.05, 3.63) is 53.7 Å². The quantitative estimate of drug-likeness (QED) is 0.667. The number of carbonyl (C=O) groups excluding carboxylic acids is 1. The Morgan fingerprint density at radius 2 is 1.83 bits per heavy atom. The molecule has 0 aromatic carbocycles. The van der Waals surface area contributed by atoms with Gasteiger partial charge in [-0.25, -0.2) is 24.9 Å². The molecule has 8 nitrogen and oxygen atoms in total. The normalized spacial score (nSPS) is 18.6. The Morgan fingerprint density at radius 3 is 2.60 bits per heavy atom. The molecule has 5 rings (SSSR count). The molecule has 0 N–H and O–H groups in total. The fraction of sp³-hybridized carbons (Fsp3) is 0.364. The van der Waals surface area contributed by atoms with E-state index >= 15 is 0 Å². The van der Waals surface area contributed by atoms with Gasteiger partial charge in [0, 0.05) is 67.5 Å². The summed E-state index contributed by atoms with van der Waals surface area (Å²) >= 11 is 0. The minimum absolute atomic E-state index is 0.0796. The Labute approximate surface area is 175 Å². The molecule has 3 aromatic heterocycles. The van der Waals surface area contributed by atoms with Gasteiger partial charge in [0.25, 0.3) is 0 Å². The number of hydrogen-bond donors (Lipinski definition) is 0. The summed E-state index contributed by atoms with van der Waals surface area (Å²) in [6.45, 7) is 5.69. The van der Waals surface area contributed by atoms with E-state index in [9.17, 15) is 4.79 Å². The van der Waals surface area contributed by atoms with Crippen LogP contribution >= 0.6 is 0 Å². The molecular formula is C22H23N7O. The van der Waals surface area contributed by atoms with Crippen molar-refractivity contribution in [3.63, 3.8) is 0 Å². The van der Waals surface area contributed by atoms with Crippen molar-refractivity contribution in [2.24, 2.45) is 0 Å². The fourth-order valence-electron chi connectivity index (χ4n) is 4.26. The Hall–Kier alpha value is -3.42. The Bertz CT molecular complexity index is 1100. The van der Waals surface area contributed by atoms with Gasteiger partial charge in [0.15, 0.2) is 11.6 Å². The molecule has 0 spiro atoms. The van der Waals surface area contributed by atoms with Gasteiger partial charge in [-0.05, 0) is 32.4 Å². The van der Waals surface area contributed by atoms with E-state index in [0.717, 1.165) is 54.4 Å². The Kier molecular flexibility index (Phi) is 4.61. The summed E-state index contributed by atoms with van der Waals surface area (Å²) in [6.07, 6.45) is 7.59. The third-order valence-corrected chi connectivity index (χ3v) is 5.78. The lowest BCUT2D eigenvalue weighted by molar-refractivity contribution is -0.117. The van der Waals surface area contributed by atoms with Crippen LogP contribution in [0.4, 0.5) is 11.5 Å². The maximum absolute atomic E-state index is 12.2. The molecule has 1 atom stereocenters. The van der Waals surface area contributed by atoms with Crippen molar-refractivity contribution in [1.29, 1.82) is 0 Å². The van der Waals surface area contributed by atoms with E-state index in [1.54, 1.807) is 18.5 Å². The SMILES string of the molecule is Cc1cc(N2CCCC2=O)cc(N2CCc3nc(-c4ncccn4)ncc3C2C)n1. The summed E-state index contributed by atoms with van der Waals surface area (Å²) in [7, 11) is 0. The highest BCUT2D eigenvalue weighted by Gasteiger charge is 2.29. The van der Waals surface area contributed by atoms with Crippen molar-refractivity contribution in [2.45, 2.75) is 39.2 Å². The zero-order valence-corrected chi connectivity index (χ0v) is 17.1. The predicted octanol–water partition coefficient (Wildman–Crippen LogP) is 2.89. The average molecular weight is 401 g/mol. The molecular weight excluding hydrogens is 378 g/mol. The maximum Gasteiger partial charge on any atom is 0.227 e. The van der Waals surface area contributed by atoms with Crippen molar-refractivity contribution < 1.29 is 4.79 Å². The van der Waals surface area contributed by atoms with Crippen LogP contribution < -0.4 is 9.80 Å². The zero-order chi connectivity index (χ0) is 20.7. The number of amides is 1. The molecule has 1 fully saturated rings. The van der Waals surface area contributed by atoms with Crippen LogP contribution in [0.3, 0.4) is 0 Å². The van der Waals surface area contributed by atoms with Crippen LogP contribution in [0, 0.1) is 6.92 Å². The van der Waals surface area contributed by atoms with Crippen LogP contribution in [0.5, 0.6) is 0 Å². The van der Waals surface area contributed by atoms with Gasteiger partial charge in [-0.3, -0.25) is 4.79 Å². The minimum atomic E-state index is 0.0796. The first-order valence-corrected chi connectivity index (χ1v) is 10.3. The van der Waals surface area contributed by atoms with Crippen LogP contribution in [0.1, 0.15) is 42.8 Å². The van der Waals surface area contributed by atoms with Gasteiger partial charge in [-0.1, -0.05) is 0 Å². The first-order chi connectivity index (χ1) is 14.6. The minimum Gasteiger partial charge on any atom is -0.349 e. The predicted molar refractivity (Wildman–Crippen MR) is 113 cm³/mol. The number of nitrogens with zero attached hydrogens (tertiary/aromatic N) is 7. The van der Waals surface area contributed by atoms with Gasteiger partial charge in [0.2, 0.25) is 5.91 Å². The van der Waals surface area contributed by atoms with Crippen LogP contribution in [0.2, 0.25) is 0 Å². The zero-order valence-electron chi connectivity index (χ0n) is 17.1. The second-order valence-electron chi connectivity index (χ2n) is 7.76. The van der Waals surface area contributed by atoms with E-state index in [0.29, 0.717) is 18.1 Å². The van der Waals surface area contributed by atoms with Crippen molar-refractivity contribution >= 4 is 17.4 Å². The third-order valence-electron chi connectivity index (χ3n) is 5.78. The van der Waals surface area contributed by atoms with E-state index in [4.69, 9.17) is 9.97 Å². The van der Waals surface area contributed by atoms with Crippen molar-refractivity contribution in [3.8, 4) is 11.6 Å². The molecule has 152 valence electrons. The first-order valence-electron chi connectivity index (χ1n) is 10.3. The Morgan fingerprint density at radius 1 is 1.00 bits per heavy atom. The number of pyridine rings is 1. The molecule has 1 amide bonds. The molecule has 0 aliphatic carbocycles. The fourth-order valence-corrected chi connectivity index (χ4v) is 4.26. The second kappa shape index (κ2) is 7.44. The number of anilines is 2. The molecule has 1 saturated heterocycles. The van der Waals surface area contributed by atoms with Crippen LogP contribution in [-0.2, 0) is 11.2 Å². The molecule has 0 bridgehead atoms. The molecule has 8 heteroatoms. The standard InChI is InChI=1S/C22H23N7O/c1-14-11-16(29-9-3-5-20(29)30)12-19(26-14)28-10-6-18-17(15(28)2)13-25-22(27-18)21-23-7-4-8-24-21/h4,7-8,11-13,15H,3,5-6,9-10H2,1-2H3. The van der Waals surface area contributed by atoms with E-state index in [2.05, 4.69) is 26.8 Å². The summed E-state index contributed by atoms with van der Waals surface area (Å²) in [5.41, 5.74) is 3.96. The number of fused-ring (bicyclic) bond motifs is 1. The van der Waals surface area contributed by atoms with E-state index < -0.39 is 0 Å². The lowest BCUT2D eigenvalue weighted by Gasteiger charge is -2.36. The molecule has 2 aliphatic rings. The summed E-state index contributed by atoms with van der Waals surface area (Å²) in [6, 6.07) is 5.88. The highest BCUT2D eigenvalue weighted by Crippen LogP contribution is 2.34. The highest BCUT2D eigenvalue weighted by molar-refractivity contribution is 5.95. The lowest BCUT2D eigenvalue weighted by Crippen LogP contribution is -2.35. The van der Waals surface area contributed by atoms with E-state index in [1.165, 1.54) is 0 Å².